The largest absolute Gasteiger partial charge is 0.550 e. The number of hydrogen-bond donors (Lipinski definition) is 1. The van der Waals surface area contributed by atoms with Gasteiger partial charge in [0.2, 0.25) is 0 Å². The Morgan fingerprint density at radius 2 is 1.70 bits per heavy atom. The van der Waals surface area contributed by atoms with Crippen molar-refractivity contribution in [2.45, 2.75) is 12.5 Å². The molecule has 1 aliphatic heterocycles. The van der Waals surface area contributed by atoms with E-state index in [0.29, 0.717) is 16.1 Å². The van der Waals surface area contributed by atoms with Crippen LogP contribution in [-0.4, -0.2) is 34.2 Å². The number of carboxylic acids is 1. The fraction of sp³-hybridized carbons (Fsp3) is 0.150. The molecule has 1 aliphatic rings. The van der Waals surface area contributed by atoms with Crippen molar-refractivity contribution in [2.24, 2.45) is 0 Å². The quantitative estimate of drug-likeness (QED) is 0.482. The maximum Gasteiger partial charge on any atom is 0.295 e. The van der Waals surface area contributed by atoms with Gasteiger partial charge in [-0.05, 0) is 17.7 Å². The number of likely N-dealkylation sites (tertiary alicyclic amines) is 1. The van der Waals surface area contributed by atoms with Crippen molar-refractivity contribution in [3.8, 4) is 0 Å². The topological polar surface area (TPSA) is 97.7 Å². The van der Waals surface area contributed by atoms with Crippen molar-refractivity contribution in [2.75, 3.05) is 6.54 Å². The highest BCUT2D eigenvalue weighted by atomic mass is 35.5. The lowest BCUT2D eigenvalue weighted by atomic mass is 9.95. The number of carbonyl (C=O) groups excluding carboxylic acids is 3. The molecule has 1 N–H and O–H groups in total. The summed E-state index contributed by atoms with van der Waals surface area (Å²) in [5.41, 5.74) is 0.829. The number of nitrogens with zero attached hydrogens (tertiary/aromatic N) is 1. The van der Waals surface area contributed by atoms with Crippen molar-refractivity contribution in [1.82, 2.24) is 4.90 Å². The minimum absolute atomic E-state index is 0.0909. The van der Waals surface area contributed by atoms with Crippen LogP contribution in [0.5, 0.6) is 0 Å². The van der Waals surface area contributed by atoms with Crippen LogP contribution in [-0.2, 0) is 14.4 Å². The number of aliphatic hydroxyl groups excluding tert-OH is 1. The number of halogens is 1. The van der Waals surface area contributed by atoms with Gasteiger partial charge in [0.05, 0.1) is 11.6 Å². The van der Waals surface area contributed by atoms with Crippen molar-refractivity contribution in [1.29, 1.82) is 0 Å². The van der Waals surface area contributed by atoms with Gasteiger partial charge in [-0.15, -0.1) is 0 Å². The first kappa shape index (κ1) is 18.7. The number of Topliss-reactive ketones (excluding diaryl/α,β-unsaturated/α-hetero) is 1. The van der Waals surface area contributed by atoms with E-state index in [2.05, 4.69) is 0 Å². The Morgan fingerprint density at radius 3 is 2.30 bits per heavy atom. The molecule has 138 valence electrons. The van der Waals surface area contributed by atoms with Crippen molar-refractivity contribution in [3.63, 3.8) is 0 Å². The second-order valence-electron chi connectivity index (χ2n) is 6.03. The summed E-state index contributed by atoms with van der Waals surface area (Å²) in [6, 6.07) is 13.9. The number of carboxylic acid groups (broad SMARTS) is 1. The number of amides is 1. The maximum atomic E-state index is 12.6. The van der Waals surface area contributed by atoms with Crippen LogP contribution in [0.1, 0.15) is 23.6 Å². The Kier molecular flexibility index (Phi) is 5.28. The van der Waals surface area contributed by atoms with Crippen LogP contribution in [0.15, 0.2) is 60.2 Å². The third-order valence-electron chi connectivity index (χ3n) is 4.33. The third kappa shape index (κ3) is 3.71. The highest BCUT2D eigenvalue weighted by Gasteiger charge is 2.45. The van der Waals surface area contributed by atoms with Gasteiger partial charge >= 0.3 is 0 Å². The summed E-state index contributed by atoms with van der Waals surface area (Å²) in [7, 11) is 0. The molecular weight excluding hydrogens is 370 g/mol. The molecule has 1 heterocycles. The van der Waals surface area contributed by atoms with E-state index >= 15 is 0 Å². The molecule has 3 rings (SSSR count). The van der Waals surface area contributed by atoms with E-state index in [-0.39, 0.29) is 17.9 Å². The molecule has 0 bridgehead atoms. The SMILES string of the molecule is O=C([O-])CCN1C(=O)C(=O)/C(=C(/O)c2ccccc2)[C@@H]1c1ccc(Cl)cc1. The smallest absolute Gasteiger partial charge is 0.295 e. The molecule has 2 aromatic carbocycles. The van der Waals surface area contributed by atoms with Crippen LogP contribution in [0.4, 0.5) is 0 Å². The Morgan fingerprint density at radius 1 is 1.07 bits per heavy atom. The summed E-state index contributed by atoms with van der Waals surface area (Å²) >= 11 is 5.91. The van der Waals surface area contributed by atoms with Gasteiger partial charge in [0, 0.05) is 29.5 Å². The number of aliphatic hydroxyl groups is 1. The lowest BCUT2D eigenvalue weighted by molar-refractivity contribution is -0.305. The molecule has 0 unspecified atom stereocenters. The van der Waals surface area contributed by atoms with Gasteiger partial charge in [-0.3, -0.25) is 9.59 Å². The van der Waals surface area contributed by atoms with Gasteiger partial charge in [0.1, 0.15) is 5.76 Å². The highest BCUT2D eigenvalue weighted by Crippen LogP contribution is 2.39. The zero-order chi connectivity index (χ0) is 19.6. The van der Waals surface area contributed by atoms with Crippen LogP contribution in [0.3, 0.4) is 0 Å². The molecule has 0 aliphatic carbocycles. The summed E-state index contributed by atoms with van der Waals surface area (Å²) in [6.07, 6.45) is -0.428. The molecule has 1 atom stereocenters. The zero-order valence-electron chi connectivity index (χ0n) is 14.1. The summed E-state index contributed by atoms with van der Waals surface area (Å²) in [5, 5.41) is 22.0. The predicted octanol–water partition coefficient (Wildman–Crippen LogP) is 1.90. The molecule has 1 amide bonds. The second kappa shape index (κ2) is 7.63. The molecule has 6 nitrogen and oxygen atoms in total. The van der Waals surface area contributed by atoms with E-state index < -0.39 is 30.1 Å². The Labute approximate surface area is 160 Å². The minimum atomic E-state index is -1.34. The average Bonchev–Trinajstić information content (AvgIpc) is 2.91. The van der Waals surface area contributed by atoms with Crippen molar-refractivity contribution < 1.29 is 24.6 Å². The molecule has 0 aromatic heterocycles. The molecule has 27 heavy (non-hydrogen) atoms. The molecule has 1 saturated heterocycles. The maximum absolute atomic E-state index is 12.6. The molecular formula is C20H15ClNO5-. The first-order chi connectivity index (χ1) is 12.9. The molecule has 0 radical (unpaired) electrons. The Hall–Kier alpha value is -3.12. The highest BCUT2D eigenvalue weighted by molar-refractivity contribution is 6.46. The van der Waals surface area contributed by atoms with Gasteiger partial charge < -0.3 is 19.9 Å². The second-order valence-corrected chi connectivity index (χ2v) is 6.47. The van der Waals surface area contributed by atoms with E-state index in [1.165, 1.54) is 0 Å². The predicted molar refractivity (Wildman–Crippen MR) is 96.5 cm³/mol. The molecule has 0 spiro atoms. The Bertz CT molecular complexity index is 921. The average molecular weight is 385 g/mol. The number of rotatable bonds is 5. The van der Waals surface area contributed by atoms with Gasteiger partial charge in [-0.25, -0.2) is 0 Å². The first-order valence-corrected chi connectivity index (χ1v) is 8.57. The van der Waals surface area contributed by atoms with Crippen molar-refractivity contribution >= 4 is 35.0 Å². The third-order valence-corrected chi connectivity index (χ3v) is 4.58. The van der Waals surface area contributed by atoms with Crippen LogP contribution in [0.25, 0.3) is 5.76 Å². The molecule has 7 heteroatoms. The zero-order valence-corrected chi connectivity index (χ0v) is 14.8. The molecule has 2 aromatic rings. The minimum Gasteiger partial charge on any atom is -0.550 e. The first-order valence-electron chi connectivity index (χ1n) is 8.19. The van der Waals surface area contributed by atoms with Gasteiger partial charge in [-0.2, -0.15) is 0 Å². The lowest BCUT2D eigenvalue weighted by Gasteiger charge is -2.25. The summed E-state index contributed by atoms with van der Waals surface area (Å²) < 4.78 is 0. The number of benzene rings is 2. The Balaban J connectivity index is 2.14. The summed E-state index contributed by atoms with van der Waals surface area (Å²) in [4.78, 5) is 37.1. The van der Waals surface area contributed by atoms with Crippen LogP contribution >= 0.6 is 11.6 Å². The monoisotopic (exact) mass is 384 g/mol. The normalized spacial score (nSPS) is 18.7. The standard InChI is InChI=1S/C20H16ClNO5/c21-14-8-6-12(7-9-14)17-16(18(25)13-4-2-1-3-5-13)19(26)20(27)22(17)11-10-15(23)24/h1-9,17,25H,10-11H2,(H,23,24)/p-1/b18-16+/t17-/m0/s1. The fourth-order valence-corrected chi connectivity index (χ4v) is 3.19. The van der Waals surface area contributed by atoms with E-state index in [9.17, 15) is 24.6 Å². The molecule has 1 fully saturated rings. The number of carbonyl (C=O) groups is 3. The van der Waals surface area contributed by atoms with Gasteiger partial charge in [0.25, 0.3) is 11.7 Å². The lowest BCUT2D eigenvalue weighted by Crippen LogP contribution is -2.34. The number of hydrogen-bond acceptors (Lipinski definition) is 5. The van der Waals surface area contributed by atoms with E-state index in [1.54, 1.807) is 54.6 Å². The van der Waals surface area contributed by atoms with E-state index in [1.807, 2.05) is 0 Å². The summed E-state index contributed by atoms with van der Waals surface area (Å²) in [6.45, 7) is -0.216. The van der Waals surface area contributed by atoms with Crippen LogP contribution < -0.4 is 5.11 Å². The van der Waals surface area contributed by atoms with Gasteiger partial charge in [0.15, 0.2) is 0 Å². The fourth-order valence-electron chi connectivity index (χ4n) is 3.07. The van der Waals surface area contributed by atoms with Crippen molar-refractivity contribution in [3.05, 3.63) is 76.3 Å². The van der Waals surface area contributed by atoms with E-state index in [4.69, 9.17) is 11.6 Å². The van der Waals surface area contributed by atoms with Crippen LogP contribution in [0, 0.1) is 0 Å². The molecule has 0 saturated carbocycles. The van der Waals surface area contributed by atoms with Crippen LogP contribution in [0.2, 0.25) is 5.02 Å². The number of ketones is 1. The summed E-state index contributed by atoms with van der Waals surface area (Å²) in [5.74, 6) is -3.39. The van der Waals surface area contributed by atoms with Gasteiger partial charge in [-0.1, -0.05) is 54.1 Å². The number of aliphatic carboxylic acids is 1. The van der Waals surface area contributed by atoms with E-state index in [0.717, 1.165) is 4.90 Å².